The molecule has 0 spiro atoms. The third-order valence-corrected chi connectivity index (χ3v) is 5.18. The van der Waals surface area contributed by atoms with E-state index in [1.807, 2.05) is 0 Å². The second-order valence-electron chi connectivity index (χ2n) is 7.23. The van der Waals surface area contributed by atoms with E-state index in [4.69, 9.17) is 15.2 Å². The summed E-state index contributed by atoms with van der Waals surface area (Å²) in [6.07, 6.45) is -1.29. The highest BCUT2D eigenvalue weighted by Gasteiger charge is 2.40. The molecule has 2 aliphatic rings. The molecule has 1 aromatic heterocycles. The zero-order chi connectivity index (χ0) is 23.0. The number of fused-ring (bicyclic) bond motifs is 3. The van der Waals surface area contributed by atoms with Crippen molar-refractivity contribution in [1.29, 1.82) is 5.26 Å². The Kier molecular flexibility index (Phi) is 5.42. The monoisotopic (exact) mass is 444 g/mol. The highest BCUT2D eigenvalue weighted by atomic mass is 19.3. The highest BCUT2D eigenvalue weighted by molar-refractivity contribution is 5.84. The lowest BCUT2D eigenvalue weighted by molar-refractivity contribution is -0.118. The number of nitrogens with one attached hydrogen (secondary N) is 1. The summed E-state index contributed by atoms with van der Waals surface area (Å²) < 4.78 is 39.5. The van der Waals surface area contributed by atoms with Crippen LogP contribution in [-0.2, 0) is 20.9 Å². The smallest absolute Gasteiger partial charge is 0.284 e. The Morgan fingerprint density at radius 3 is 2.84 bits per heavy atom. The van der Waals surface area contributed by atoms with Gasteiger partial charge >= 0.3 is 0 Å². The van der Waals surface area contributed by atoms with E-state index in [9.17, 15) is 23.6 Å². The van der Waals surface area contributed by atoms with E-state index >= 15 is 0 Å². The van der Waals surface area contributed by atoms with Crippen molar-refractivity contribution in [1.82, 2.24) is 9.55 Å². The molecule has 1 amide bonds. The van der Waals surface area contributed by atoms with Crippen LogP contribution in [0.4, 0.5) is 20.3 Å². The molecule has 0 aliphatic carbocycles. The number of amides is 1. The number of carbonyl (C=O) groups excluding carboxylic acids is 2. The maximum absolute atomic E-state index is 13.5. The number of hydrogen-bond donors (Lipinski definition) is 2. The van der Waals surface area contributed by atoms with E-state index in [1.54, 1.807) is 17.6 Å². The zero-order valence-electron chi connectivity index (χ0n) is 16.8. The Labute approximate surface area is 180 Å². The Bertz CT molecular complexity index is 1170. The van der Waals surface area contributed by atoms with Gasteiger partial charge in [-0.15, -0.1) is 0 Å². The van der Waals surface area contributed by atoms with Crippen LogP contribution in [0.2, 0.25) is 0 Å². The van der Waals surface area contributed by atoms with Gasteiger partial charge in [-0.25, -0.2) is 18.6 Å². The largest absolute Gasteiger partial charge is 0.491 e. The number of benzene rings is 1. The van der Waals surface area contributed by atoms with Gasteiger partial charge in [0.15, 0.2) is 11.8 Å². The summed E-state index contributed by atoms with van der Waals surface area (Å²) in [5.41, 5.74) is 6.29. The minimum Gasteiger partial charge on any atom is -0.491 e. The molecule has 1 saturated heterocycles. The Balaban J connectivity index is 1.81. The second-order valence-corrected chi connectivity index (χ2v) is 7.23. The molecule has 3 N–H and O–H groups in total. The molecular weight excluding hydrogens is 426 g/mol. The molecule has 3 heterocycles. The molecule has 1 fully saturated rings. The van der Waals surface area contributed by atoms with Crippen LogP contribution in [0.1, 0.15) is 12.5 Å². The fourth-order valence-corrected chi connectivity index (χ4v) is 3.59. The molecule has 0 bridgehead atoms. The molecular formula is C20H18F2N6O4. The van der Waals surface area contributed by atoms with Crippen LogP contribution in [0.3, 0.4) is 0 Å². The summed E-state index contributed by atoms with van der Waals surface area (Å²) in [4.78, 5) is 28.0. The summed E-state index contributed by atoms with van der Waals surface area (Å²) >= 11 is 0. The predicted octanol–water partition coefficient (Wildman–Crippen LogP) is 1.24. The van der Waals surface area contributed by atoms with Gasteiger partial charge in [-0.05, 0) is 13.0 Å². The van der Waals surface area contributed by atoms with E-state index in [0.29, 0.717) is 29.4 Å². The predicted molar refractivity (Wildman–Crippen MR) is 108 cm³/mol. The molecule has 4 rings (SSSR count). The number of primary amides is 1. The van der Waals surface area contributed by atoms with E-state index in [0.717, 1.165) is 4.90 Å². The van der Waals surface area contributed by atoms with Crippen molar-refractivity contribution in [2.45, 2.75) is 32.0 Å². The molecule has 2 aliphatic heterocycles. The molecule has 32 heavy (non-hydrogen) atoms. The zero-order valence-corrected chi connectivity index (χ0v) is 16.8. The second kappa shape index (κ2) is 8.20. The van der Waals surface area contributed by atoms with Crippen molar-refractivity contribution in [3.05, 3.63) is 29.8 Å². The number of nitriles is 1. The normalized spacial score (nSPS) is 17.9. The minimum atomic E-state index is -2.78. The van der Waals surface area contributed by atoms with E-state index in [2.05, 4.69) is 16.4 Å². The minimum absolute atomic E-state index is 0.0717. The Morgan fingerprint density at radius 2 is 2.19 bits per heavy atom. The van der Waals surface area contributed by atoms with Gasteiger partial charge in [-0.1, -0.05) is 0 Å². The summed E-state index contributed by atoms with van der Waals surface area (Å²) in [7, 11) is 0. The fourth-order valence-electron chi connectivity index (χ4n) is 3.59. The Hall–Kier alpha value is -4.10. The number of anilines is 2. The lowest BCUT2D eigenvalue weighted by Gasteiger charge is -2.19. The molecule has 0 radical (unpaired) electrons. The maximum Gasteiger partial charge on any atom is 0.284 e. The van der Waals surface area contributed by atoms with Crippen molar-refractivity contribution in [3.63, 3.8) is 0 Å². The number of halogens is 2. The van der Waals surface area contributed by atoms with E-state index < -0.39 is 24.4 Å². The van der Waals surface area contributed by atoms with Crippen LogP contribution >= 0.6 is 0 Å². The summed E-state index contributed by atoms with van der Waals surface area (Å²) in [5.74, 6) is 1.30. The fraction of sp³-hybridized carbons (Fsp3) is 0.350. The van der Waals surface area contributed by atoms with Crippen LogP contribution in [-0.4, -0.2) is 53.1 Å². The molecule has 0 unspecified atom stereocenters. The first kappa shape index (κ1) is 21.1. The standard InChI is InChI=1S/C20H18F2N6O4/c1-10(19(24)30)25-12-4-11(6-23)17-14(5-12)31-3-2-27-7-15(26-20(17)27)28-13(18(21)22)9-32-16(28)8-29/h4-5,7,10,13,18,25H,2-3,9H2,1H3,(H2,24,30)/t10-,13-/m0/s1. The summed E-state index contributed by atoms with van der Waals surface area (Å²) in [6.45, 7) is 1.73. The first-order valence-corrected chi connectivity index (χ1v) is 9.63. The topological polar surface area (TPSA) is 136 Å². The van der Waals surface area contributed by atoms with Gasteiger partial charge in [0.2, 0.25) is 5.91 Å². The van der Waals surface area contributed by atoms with Gasteiger partial charge in [-0.2, -0.15) is 5.26 Å². The van der Waals surface area contributed by atoms with E-state index in [1.165, 1.54) is 18.2 Å². The average molecular weight is 444 g/mol. The molecule has 0 saturated carbocycles. The number of hydrogen-bond acceptors (Lipinski definition) is 8. The molecule has 1 aromatic carbocycles. The molecule has 10 nitrogen and oxygen atoms in total. The van der Waals surface area contributed by atoms with Crippen LogP contribution in [0, 0.1) is 11.3 Å². The van der Waals surface area contributed by atoms with Gasteiger partial charge in [0.1, 0.15) is 42.9 Å². The van der Waals surface area contributed by atoms with Crippen LogP contribution in [0.5, 0.6) is 5.75 Å². The first-order chi connectivity index (χ1) is 15.3. The maximum atomic E-state index is 13.5. The number of aromatic nitrogens is 2. The van der Waals surface area contributed by atoms with Crippen molar-refractivity contribution < 1.29 is 27.8 Å². The number of ether oxygens (including phenoxy) is 2. The number of imidazole rings is 1. The molecule has 12 heteroatoms. The number of rotatable bonds is 5. The van der Waals surface area contributed by atoms with E-state index in [-0.39, 0.29) is 30.5 Å². The van der Waals surface area contributed by atoms with Crippen molar-refractivity contribution in [2.24, 2.45) is 5.73 Å². The number of alkyl halides is 2. The van der Waals surface area contributed by atoms with Crippen molar-refractivity contribution in [3.8, 4) is 23.2 Å². The SMILES string of the molecule is C[C@H](Nc1cc(C#N)c2c(c1)OCCn1cc(N3C(=C=O)OC[C@H]3C(F)F)nc1-2)C(N)=O. The van der Waals surface area contributed by atoms with Crippen LogP contribution in [0.25, 0.3) is 11.4 Å². The lowest BCUT2D eigenvalue weighted by atomic mass is 10.0. The Morgan fingerprint density at radius 1 is 1.41 bits per heavy atom. The highest BCUT2D eigenvalue weighted by Crippen LogP contribution is 2.40. The summed E-state index contributed by atoms with van der Waals surface area (Å²) in [6, 6.07) is 3.13. The summed E-state index contributed by atoms with van der Waals surface area (Å²) in [5, 5.41) is 12.6. The van der Waals surface area contributed by atoms with Gasteiger partial charge in [0.25, 0.3) is 12.3 Å². The molecule has 166 valence electrons. The average Bonchev–Trinajstić information content (AvgIpc) is 3.33. The van der Waals surface area contributed by atoms with Crippen LogP contribution in [0.15, 0.2) is 24.2 Å². The van der Waals surface area contributed by atoms with Gasteiger partial charge in [0, 0.05) is 18.0 Å². The van der Waals surface area contributed by atoms with Crippen molar-refractivity contribution >= 4 is 23.4 Å². The molecule has 2 atom stereocenters. The first-order valence-electron chi connectivity index (χ1n) is 9.63. The van der Waals surface area contributed by atoms with Gasteiger partial charge in [0.05, 0.1) is 17.7 Å². The van der Waals surface area contributed by atoms with Gasteiger partial charge in [-0.3, -0.25) is 9.69 Å². The lowest BCUT2D eigenvalue weighted by Crippen LogP contribution is -2.36. The quantitative estimate of drug-likeness (QED) is 0.658. The molecule has 2 aromatic rings. The van der Waals surface area contributed by atoms with Crippen molar-refractivity contribution in [2.75, 3.05) is 23.4 Å². The van der Waals surface area contributed by atoms with Crippen LogP contribution < -0.4 is 20.7 Å². The number of nitrogens with zero attached hydrogens (tertiary/aromatic N) is 4. The number of nitrogens with two attached hydrogens (primary N) is 1. The van der Waals surface area contributed by atoms with Gasteiger partial charge < -0.3 is 25.1 Å². The third kappa shape index (κ3) is 3.59. The number of carbonyl (C=O) groups is 1. The third-order valence-electron chi connectivity index (χ3n) is 5.18.